The zero-order valence-corrected chi connectivity index (χ0v) is 37.9. The minimum absolute atomic E-state index is 0.0521. The van der Waals surface area contributed by atoms with Gasteiger partial charge < -0.3 is 42.1 Å². The Morgan fingerprint density at radius 1 is 0.541 bits per heavy atom. The number of aliphatic carboxylic acids is 2. The fraction of sp³-hybridized carbons (Fsp3) is 0.795. The van der Waals surface area contributed by atoms with Crippen LogP contribution in [-0.4, -0.2) is 99.6 Å². The standard InChI is InChI=1S/C44H76N6O11/c1-9-28(7)39(44(61)49-34(24-30-18-14-12-15-19-30)41(58)46-31(10-2)36(52)20-16-11-13-17-26(3)4)50-43(60)33(23-27(5)6)48-40(57)32(21-22-37(53)54)47-42(59)35(25-38(55)56)45-29(8)51/h26-28,30-35,39H,9-25H2,1-8H3,(H,45,51)(H,46,58)(H,47,59)(H,48,57)(H,49,61)(H,50,60)(H,53,54)(H,55,56)/t28-,31+,32-,33+,34+,35+,39+/m1/s1. The lowest BCUT2D eigenvalue weighted by atomic mass is 9.84. The fourth-order valence-electron chi connectivity index (χ4n) is 7.50. The summed E-state index contributed by atoms with van der Waals surface area (Å²) in [6, 6.07) is -7.18. The summed E-state index contributed by atoms with van der Waals surface area (Å²) >= 11 is 0. The van der Waals surface area contributed by atoms with Gasteiger partial charge in [0.25, 0.3) is 0 Å². The lowest BCUT2D eigenvalue weighted by molar-refractivity contribution is -0.141. The Hall–Kier alpha value is -4.57. The number of hydrogen-bond acceptors (Lipinski definition) is 9. The number of rotatable bonds is 30. The van der Waals surface area contributed by atoms with E-state index in [2.05, 4.69) is 45.7 Å². The second-order valence-electron chi connectivity index (χ2n) is 17.6. The van der Waals surface area contributed by atoms with E-state index in [1.54, 1.807) is 20.8 Å². The van der Waals surface area contributed by atoms with Gasteiger partial charge in [0.05, 0.1) is 12.5 Å². The largest absolute Gasteiger partial charge is 0.481 e. The molecule has 0 heterocycles. The highest BCUT2D eigenvalue weighted by atomic mass is 16.4. The second kappa shape index (κ2) is 28.9. The third kappa shape index (κ3) is 22.2. The van der Waals surface area contributed by atoms with Gasteiger partial charge in [-0.15, -0.1) is 0 Å². The predicted octanol–water partition coefficient (Wildman–Crippen LogP) is 3.90. The average Bonchev–Trinajstić information content (AvgIpc) is 3.18. The molecule has 0 spiro atoms. The molecule has 17 nitrogen and oxygen atoms in total. The Morgan fingerprint density at radius 3 is 1.64 bits per heavy atom. The van der Waals surface area contributed by atoms with Crippen molar-refractivity contribution in [2.45, 2.75) is 201 Å². The van der Waals surface area contributed by atoms with Crippen LogP contribution in [0.2, 0.25) is 0 Å². The van der Waals surface area contributed by atoms with Gasteiger partial charge in [-0.3, -0.25) is 43.2 Å². The van der Waals surface area contributed by atoms with Gasteiger partial charge in [0.2, 0.25) is 35.4 Å². The molecule has 1 rings (SSSR count). The number of carboxylic acid groups (broad SMARTS) is 2. The Morgan fingerprint density at radius 2 is 1.10 bits per heavy atom. The molecule has 1 aliphatic carbocycles. The van der Waals surface area contributed by atoms with E-state index in [1.807, 2.05) is 13.8 Å². The van der Waals surface area contributed by atoms with Gasteiger partial charge in [-0.1, -0.05) is 106 Å². The number of carboxylic acids is 2. The van der Waals surface area contributed by atoms with Gasteiger partial charge >= 0.3 is 11.9 Å². The number of carbonyl (C=O) groups is 9. The first-order valence-electron chi connectivity index (χ1n) is 22.4. The number of Topliss-reactive ketones (excluding diaryl/α,β-unsaturated/α-hetero) is 1. The summed E-state index contributed by atoms with van der Waals surface area (Å²) in [6.45, 7) is 14.4. The molecule has 0 aliphatic heterocycles. The Kier molecular flexibility index (Phi) is 25.8. The van der Waals surface area contributed by atoms with E-state index in [4.69, 9.17) is 0 Å². The highest BCUT2D eigenvalue weighted by Crippen LogP contribution is 2.28. The topological polar surface area (TPSA) is 266 Å². The molecular formula is C44H76N6O11. The molecule has 7 atom stereocenters. The summed E-state index contributed by atoms with van der Waals surface area (Å²) in [5.41, 5.74) is 0. The molecule has 348 valence electrons. The van der Waals surface area contributed by atoms with Crippen molar-refractivity contribution < 1.29 is 53.4 Å². The number of nitrogens with one attached hydrogen (secondary N) is 6. The van der Waals surface area contributed by atoms with Crippen LogP contribution in [0.15, 0.2) is 0 Å². The normalized spacial score (nSPS) is 16.5. The Balaban J connectivity index is 3.33. The summed E-state index contributed by atoms with van der Waals surface area (Å²) < 4.78 is 0. The molecule has 61 heavy (non-hydrogen) atoms. The number of ketones is 1. The van der Waals surface area contributed by atoms with E-state index >= 15 is 0 Å². The molecule has 1 aliphatic rings. The van der Waals surface area contributed by atoms with E-state index in [-0.39, 0.29) is 24.0 Å². The van der Waals surface area contributed by atoms with Crippen molar-refractivity contribution in [1.29, 1.82) is 0 Å². The first kappa shape index (κ1) is 54.4. The van der Waals surface area contributed by atoms with Crippen LogP contribution < -0.4 is 31.9 Å². The zero-order chi connectivity index (χ0) is 46.2. The second-order valence-corrected chi connectivity index (χ2v) is 17.6. The summed E-state index contributed by atoms with van der Waals surface area (Å²) in [4.78, 5) is 117. The molecular weight excluding hydrogens is 789 g/mol. The van der Waals surface area contributed by atoms with Gasteiger partial charge in [0.1, 0.15) is 30.2 Å². The average molecular weight is 865 g/mol. The molecule has 0 saturated heterocycles. The lowest BCUT2D eigenvalue weighted by Crippen LogP contribution is -2.61. The molecule has 0 aromatic rings. The number of hydrogen-bond donors (Lipinski definition) is 8. The van der Waals surface area contributed by atoms with E-state index in [0.29, 0.717) is 31.6 Å². The Bertz CT molecular complexity index is 1450. The molecule has 1 saturated carbocycles. The van der Waals surface area contributed by atoms with Crippen molar-refractivity contribution in [2.24, 2.45) is 23.7 Å². The fourth-order valence-corrected chi connectivity index (χ4v) is 7.50. The van der Waals surface area contributed by atoms with Crippen LogP contribution in [0.5, 0.6) is 0 Å². The van der Waals surface area contributed by atoms with Gasteiger partial charge in [0.15, 0.2) is 5.78 Å². The maximum Gasteiger partial charge on any atom is 0.305 e. The van der Waals surface area contributed by atoms with Gasteiger partial charge in [-0.25, -0.2) is 0 Å². The summed E-state index contributed by atoms with van der Waals surface area (Å²) in [5.74, 6) is -7.06. The molecule has 0 aromatic carbocycles. The number of carbonyl (C=O) groups excluding carboxylic acids is 7. The molecule has 17 heteroatoms. The van der Waals surface area contributed by atoms with Crippen molar-refractivity contribution in [3.05, 3.63) is 0 Å². The monoisotopic (exact) mass is 865 g/mol. The predicted molar refractivity (Wildman–Crippen MR) is 230 cm³/mol. The van der Waals surface area contributed by atoms with Crippen molar-refractivity contribution >= 4 is 53.2 Å². The van der Waals surface area contributed by atoms with E-state index in [0.717, 1.165) is 64.7 Å². The van der Waals surface area contributed by atoms with Crippen molar-refractivity contribution in [3.8, 4) is 0 Å². The molecule has 6 amide bonds. The third-order valence-electron chi connectivity index (χ3n) is 11.2. The number of amides is 6. The van der Waals surface area contributed by atoms with E-state index < -0.39 is 109 Å². The van der Waals surface area contributed by atoms with Crippen molar-refractivity contribution in [1.82, 2.24) is 31.9 Å². The third-order valence-corrected chi connectivity index (χ3v) is 11.2. The SMILES string of the molecule is CC[C@H](NC(=O)[C@H](CC1CCCCC1)NC(=O)[C@@H](NC(=O)[C@H](CC(C)C)NC(=O)[C@@H](CCC(=O)O)NC(=O)[C@H](CC(=O)O)NC(C)=O)[C@H](C)CC)C(=O)CCCCCC(C)C. The minimum atomic E-state index is -1.57. The minimum Gasteiger partial charge on any atom is -0.481 e. The first-order valence-corrected chi connectivity index (χ1v) is 22.4. The summed E-state index contributed by atoms with van der Waals surface area (Å²) in [5, 5.41) is 34.3. The first-order chi connectivity index (χ1) is 28.7. The van der Waals surface area contributed by atoms with Gasteiger partial charge in [-0.05, 0) is 55.8 Å². The van der Waals surface area contributed by atoms with E-state index in [1.165, 1.54) is 0 Å². The lowest BCUT2D eigenvalue weighted by Gasteiger charge is -2.31. The van der Waals surface area contributed by atoms with Crippen molar-refractivity contribution in [3.63, 3.8) is 0 Å². The van der Waals surface area contributed by atoms with Gasteiger partial charge in [0, 0.05) is 19.8 Å². The highest BCUT2D eigenvalue weighted by molar-refractivity contribution is 5.97. The maximum absolute atomic E-state index is 14.2. The molecule has 0 aromatic heterocycles. The number of unbranched alkanes of at least 4 members (excludes halogenated alkanes) is 2. The summed E-state index contributed by atoms with van der Waals surface area (Å²) in [7, 11) is 0. The quantitative estimate of drug-likeness (QED) is 0.0480. The smallest absolute Gasteiger partial charge is 0.305 e. The van der Waals surface area contributed by atoms with E-state index in [9.17, 15) is 53.4 Å². The maximum atomic E-state index is 14.2. The zero-order valence-electron chi connectivity index (χ0n) is 37.9. The van der Waals surface area contributed by atoms with Gasteiger partial charge in [-0.2, -0.15) is 0 Å². The van der Waals surface area contributed by atoms with Crippen LogP contribution in [0.1, 0.15) is 165 Å². The van der Waals surface area contributed by atoms with Crippen LogP contribution in [0.4, 0.5) is 0 Å². The molecule has 0 bridgehead atoms. The van der Waals surface area contributed by atoms with Crippen LogP contribution in [0.25, 0.3) is 0 Å². The molecule has 1 fully saturated rings. The van der Waals surface area contributed by atoms with Crippen LogP contribution in [0, 0.1) is 23.7 Å². The molecule has 0 radical (unpaired) electrons. The Labute approximate surface area is 362 Å². The van der Waals surface area contributed by atoms with Crippen molar-refractivity contribution in [2.75, 3.05) is 0 Å². The molecule has 8 N–H and O–H groups in total. The van der Waals surface area contributed by atoms with Crippen LogP contribution >= 0.6 is 0 Å². The molecule has 0 unspecified atom stereocenters. The highest BCUT2D eigenvalue weighted by Gasteiger charge is 2.36. The summed E-state index contributed by atoms with van der Waals surface area (Å²) in [6.07, 6.45) is 8.53. The van der Waals surface area contributed by atoms with Crippen LogP contribution in [0.3, 0.4) is 0 Å². The van der Waals surface area contributed by atoms with Crippen LogP contribution in [-0.2, 0) is 43.2 Å².